The molecule has 1 heterocycles. The van der Waals surface area contributed by atoms with Gasteiger partial charge in [0.1, 0.15) is 5.69 Å². The number of unbranched alkanes of at least 4 members (excludes halogenated alkanes) is 1. The zero-order valence-corrected chi connectivity index (χ0v) is 8.61. The number of hydrogen-bond donors (Lipinski definition) is 1. The van der Waals surface area contributed by atoms with Crippen LogP contribution in [0.4, 0.5) is 0 Å². The van der Waals surface area contributed by atoms with Crippen molar-refractivity contribution in [3.8, 4) is 0 Å². The predicted molar refractivity (Wildman–Crippen MR) is 54.8 cm³/mol. The van der Waals surface area contributed by atoms with Gasteiger partial charge in [0.2, 0.25) is 0 Å². The van der Waals surface area contributed by atoms with Crippen LogP contribution in [0.3, 0.4) is 0 Å². The Morgan fingerprint density at radius 2 is 2.36 bits per heavy atom. The van der Waals surface area contributed by atoms with Crippen molar-refractivity contribution in [2.45, 2.75) is 39.3 Å². The van der Waals surface area contributed by atoms with E-state index in [1.54, 1.807) is 10.8 Å². The molecule has 0 aromatic carbocycles. The van der Waals surface area contributed by atoms with Gasteiger partial charge in [-0.05, 0) is 12.8 Å². The minimum absolute atomic E-state index is 0.0316. The first-order chi connectivity index (χ1) is 6.83. The van der Waals surface area contributed by atoms with Crippen LogP contribution >= 0.6 is 0 Å². The van der Waals surface area contributed by atoms with Crippen LogP contribution in [-0.2, 0) is 19.6 Å². The van der Waals surface area contributed by atoms with E-state index in [1.807, 2.05) is 0 Å². The second-order valence-corrected chi connectivity index (χ2v) is 3.22. The fourth-order valence-corrected chi connectivity index (χ4v) is 1.38. The summed E-state index contributed by atoms with van der Waals surface area (Å²) in [6.45, 7) is 6.43. The van der Waals surface area contributed by atoms with E-state index in [9.17, 15) is 0 Å². The summed E-state index contributed by atoms with van der Waals surface area (Å²) in [6.07, 6.45) is 4.93. The maximum absolute atomic E-state index is 9.06. The van der Waals surface area contributed by atoms with E-state index in [0.717, 1.165) is 25.0 Å². The van der Waals surface area contributed by atoms with Gasteiger partial charge in [0.15, 0.2) is 0 Å². The van der Waals surface area contributed by atoms with Crippen LogP contribution in [0, 0.1) is 0 Å². The van der Waals surface area contributed by atoms with Crippen LogP contribution < -0.4 is 0 Å². The van der Waals surface area contributed by atoms with Gasteiger partial charge in [-0.2, -0.15) is 0 Å². The van der Waals surface area contributed by atoms with E-state index in [4.69, 9.17) is 5.11 Å². The lowest BCUT2D eigenvalue weighted by atomic mass is 10.1. The van der Waals surface area contributed by atoms with Gasteiger partial charge in [-0.1, -0.05) is 24.6 Å². The van der Waals surface area contributed by atoms with E-state index in [0.29, 0.717) is 12.2 Å². The zero-order valence-electron chi connectivity index (χ0n) is 8.61. The van der Waals surface area contributed by atoms with Crippen molar-refractivity contribution in [1.82, 2.24) is 15.0 Å². The summed E-state index contributed by atoms with van der Waals surface area (Å²) in [5, 5.41) is 16.9. The Balaban J connectivity index is 2.81. The highest BCUT2D eigenvalue weighted by Crippen LogP contribution is 2.09. The van der Waals surface area contributed by atoms with Crippen molar-refractivity contribution in [3.05, 3.63) is 24.0 Å². The molecule has 0 saturated heterocycles. The van der Waals surface area contributed by atoms with Crippen molar-refractivity contribution in [3.63, 3.8) is 0 Å². The van der Waals surface area contributed by atoms with Gasteiger partial charge in [0, 0.05) is 0 Å². The minimum Gasteiger partial charge on any atom is -0.390 e. The second-order valence-electron chi connectivity index (χ2n) is 3.22. The molecule has 0 bridgehead atoms. The zero-order chi connectivity index (χ0) is 10.4. The molecule has 0 radical (unpaired) electrons. The highest BCUT2D eigenvalue weighted by atomic mass is 16.3. The van der Waals surface area contributed by atoms with Crippen molar-refractivity contribution in [2.24, 2.45) is 0 Å². The Morgan fingerprint density at radius 1 is 1.57 bits per heavy atom. The molecule has 1 aromatic heterocycles. The number of aliphatic hydroxyl groups is 1. The number of rotatable bonds is 6. The molecule has 0 fully saturated rings. The lowest BCUT2D eigenvalue weighted by Gasteiger charge is -2.03. The number of allylic oxidation sites excluding steroid dienone is 1. The highest BCUT2D eigenvalue weighted by molar-refractivity contribution is 5.09. The lowest BCUT2D eigenvalue weighted by Crippen LogP contribution is -2.05. The summed E-state index contributed by atoms with van der Waals surface area (Å²) >= 11 is 0. The SMILES string of the molecule is C=CCn1nnc(CO)c1CCCC. The Morgan fingerprint density at radius 3 is 2.93 bits per heavy atom. The molecule has 0 amide bonds. The third-order valence-corrected chi connectivity index (χ3v) is 2.14. The molecule has 0 aliphatic carbocycles. The number of aliphatic hydroxyl groups excluding tert-OH is 1. The molecule has 0 saturated carbocycles. The largest absolute Gasteiger partial charge is 0.390 e. The third-order valence-electron chi connectivity index (χ3n) is 2.14. The summed E-state index contributed by atoms with van der Waals surface area (Å²) in [5.41, 5.74) is 1.73. The van der Waals surface area contributed by atoms with Crippen molar-refractivity contribution < 1.29 is 5.11 Å². The van der Waals surface area contributed by atoms with E-state index in [1.165, 1.54) is 0 Å². The van der Waals surface area contributed by atoms with Gasteiger partial charge < -0.3 is 5.11 Å². The van der Waals surface area contributed by atoms with Gasteiger partial charge in [-0.3, -0.25) is 0 Å². The Labute approximate surface area is 84.3 Å². The number of aromatic nitrogens is 3. The van der Waals surface area contributed by atoms with E-state index in [-0.39, 0.29) is 6.61 Å². The molecule has 1 aromatic rings. The van der Waals surface area contributed by atoms with Crippen LogP contribution in [0.2, 0.25) is 0 Å². The first kappa shape index (κ1) is 10.9. The second kappa shape index (κ2) is 5.54. The maximum atomic E-state index is 9.06. The monoisotopic (exact) mass is 195 g/mol. The van der Waals surface area contributed by atoms with E-state index >= 15 is 0 Å². The maximum Gasteiger partial charge on any atom is 0.111 e. The summed E-state index contributed by atoms with van der Waals surface area (Å²) < 4.78 is 1.80. The predicted octanol–water partition coefficient (Wildman–Crippen LogP) is 1.30. The first-order valence-electron chi connectivity index (χ1n) is 4.96. The molecule has 0 atom stereocenters. The first-order valence-corrected chi connectivity index (χ1v) is 4.96. The standard InChI is InChI=1S/C10H17N3O/c1-3-5-6-10-9(8-14)11-12-13(10)7-4-2/h4,14H,2-3,5-8H2,1H3. The summed E-state index contributed by atoms with van der Waals surface area (Å²) in [4.78, 5) is 0. The molecule has 0 spiro atoms. The molecule has 1 rings (SSSR count). The van der Waals surface area contributed by atoms with Gasteiger partial charge in [0.25, 0.3) is 0 Å². The van der Waals surface area contributed by atoms with E-state index in [2.05, 4.69) is 23.8 Å². The van der Waals surface area contributed by atoms with Crippen molar-refractivity contribution >= 4 is 0 Å². The molecule has 4 nitrogen and oxygen atoms in total. The quantitative estimate of drug-likeness (QED) is 0.696. The molecule has 4 heteroatoms. The van der Waals surface area contributed by atoms with Crippen LogP contribution in [0.25, 0.3) is 0 Å². The normalized spacial score (nSPS) is 10.4. The van der Waals surface area contributed by atoms with Gasteiger partial charge in [-0.15, -0.1) is 11.7 Å². The fourth-order valence-electron chi connectivity index (χ4n) is 1.38. The molecule has 78 valence electrons. The Hall–Kier alpha value is -1.16. The molecule has 0 aliphatic heterocycles. The lowest BCUT2D eigenvalue weighted by molar-refractivity contribution is 0.275. The van der Waals surface area contributed by atoms with Gasteiger partial charge in [0.05, 0.1) is 18.8 Å². The number of hydrogen-bond acceptors (Lipinski definition) is 3. The van der Waals surface area contributed by atoms with E-state index < -0.39 is 0 Å². The Kier molecular flexibility index (Phi) is 4.32. The molecule has 0 unspecified atom stereocenters. The summed E-state index contributed by atoms with van der Waals surface area (Å²) in [5.74, 6) is 0. The molecular formula is C10H17N3O. The van der Waals surface area contributed by atoms with Crippen LogP contribution in [0.5, 0.6) is 0 Å². The average Bonchev–Trinajstić information content (AvgIpc) is 2.58. The number of nitrogens with zero attached hydrogens (tertiary/aromatic N) is 3. The van der Waals surface area contributed by atoms with Crippen LogP contribution in [-0.4, -0.2) is 20.1 Å². The van der Waals surface area contributed by atoms with Crippen LogP contribution in [0.1, 0.15) is 31.2 Å². The highest BCUT2D eigenvalue weighted by Gasteiger charge is 2.09. The Bertz CT molecular complexity index is 294. The summed E-state index contributed by atoms with van der Waals surface area (Å²) in [7, 11) is 0. The molecule has 1 N–H and O–H groups in total. The minimum atomic E-state index is -0.0316. The molecule has 14 heavy (non-hydrogen) atoms. The molecule has 0 aliphatic rings. The summed E-state index contributed by atoms with van der Waals surface area (Å²) in [6, 6.07) is 0. The fraction of sp³-hybridized carbons (Fsp3) is 0.600. The smallest absolute Gasteiger partial charge is 0.111 e. The van der Waals surface area contributed by atoms with Crippen molar-refractivity contribution in [1.29, 1.82) is 0 Å². The average molecular weight is 195 g/mol. The van der Waals surface area contributed by atoms with Gasteiger partial charge >= 0.3 is 0 Å². The van der Waals surface area contributed by atoms with Crippen LogP contribution in [0.15, 0.2) is 12.7 Å². The van der Waals surface area contributed by atoms with Gasteiger partial charge in [-0.25, -0.2) is 4.68 Å². The third kappa shape index (κ3) is 2.42. The topological polar surface area (TPSA) is 50.9 Å². The molecular weight excluding hydrogens is 178 g/mol. The van der Waals surface area contributed by atoms with Crippen molar-refractivity contribution in [2.75, 3.05) is 0 Å².